The van der Waals surface area contributed by atoms with E-state index in [9.17, 15) is 4.79 Å². The van der Waals surface area contributed by atoms with E-state index in [-0.39, 0.29) is 5.91 Å². The Bertz CT molecular complexity index is 649. The number of carbonyl (C=O) groups is 1. The molecule has 0 radical (unpaired) electrons. The monoisotopic (exact) mass is 309 g/mol. The van der Waals surface area contributed by atoms with Crippen molar-refractivity contribution in [2.45, 2.75) is 51.0 Å². The fourth-order valence-electron chi connectivity index (χ4n) is 3.34. The van der Waals surface area contributed by atoms with Gasteiger partial charge in [0, 0.05) is 30.8 Å². The van der Waals surface area contributed by atoms with Gasteiger partial charge in [-0.1, -0.05) is 12.1 Å². The number of pyridine rings is 2. The zero-order valence-electron chi connectivity index (χ0n) is 13.5. The highest BCUT2D eigenvalue weighted by atomic mass is 16.1. The molecule has 1 aliphatic carbocycles. The molecule has 120 valence electrons. The lowest BCUT2D eigenvalue weighted by Crippen LogP contribution is -2.38. The molecule has 0 bridgehead atoms. The van der Waals surface area contributed by atoms with E-state index in [4.69, 9.17) is 0 Å². The molecule has 0 saturated heterocycles. The molecule has 0 spiro atoms. The zero-order valence-corrected chi connectivity index (χ0v) is 13.5. The van der Waals surface area contributed by atoms with Crippen LogP contribution in [0.4, 0.5) is 0 Å². The number of nitrogens with zero attached hydrogens (tertiary/aromatic N) is 2. The second-order valence-corrected chi connectivity index (χ2v) is 6.45. The van der Waals surface area contributed by atoms with Crippen molar-refractivity contribution >= 4 is 5.91 Å². The van der Waals surface area contributed by atoms with Crippen LogP contribution in [0.25, 0.3) is 0 Å². The Morgan fingerprint density at radius 1 is 1.17 bits per heavy atom. The van der Waals surface area contributed by atoms with E-state index < -0.39 is 0 Å². The van der Waals surface area contributed by atoms with Gasteiger partial charge in [-0.25, -0.2) is 0 Å². The van der Waals surface area contributed by atoms with Crippen LogP contribution in [0.5, 0.6) is 0 Å². The molecule has 2 aromatic heterocycles. The molecular weight excluding hydrogens is 286 g/mol. The van der Waals surface area contributed by atoms with Gasteiger partial charge >= 0.3 is 0 Å². The predicted molar refractivity (Wildman–Crippen MR) is 90.1 cm³/mol. The first-order valence-corrected chi connectivity index (χ1v) is 8.30. The van der Waals surface area contributed by atoms with Crippen LogP contribution in [0.1, 0.15) is 48.3 Å². The Labute approximate surface area is 137 Å². The third-order valence-electron chi connectivity index (χ3n) is 4.55. The highest BCUT2D eigenvalue weighted by Crippen LogP contribution is 2.32. The number of carbonyl (C=O) groups excluding carboxylic acids is 1. The number of hydrogen-bond donors (Lipinski definition) is 1. The number of aryl methyl sites for hydroxylation is 1. The van der Waals surface area contributed by atoms with E-state index in [0.29, 0.717) is 18.4 Å². The van der Waals surface area contributed by atoms with Crippen molar-refractivity contribution in [3.05, 3.63) is 59.7 Å². The number of aromatic nitrogens is 2. The number of hydrogen-bond acceptors (Lipinski definition) is 3. The highest BCUT2D eigenvalue weighted by molar-refractivity contribution is 5.78. The van der Waals surface area contributed by atoms with Crippen molar-refractivity contribution in [2.75, 3.05) is 0 Å². The quantitative estimate of drug-likeness (QED) is 0.944. The van der Waals surface area contributed by atoms with E-state index in [1.54, 1.807) is 12.4 Å². The molecule has 1 aliphatic rings. The van der Waals surface area contributed by atoms with Gasteiger partial charge in [-0.05, 0) is 61.3 Å². The minimum absolute atomic E-state index is 0.0960. The van der Waals surface area contributed by atoms with E-state index in [0.717, 1.165) is 31.2 Å². The third-order valence-corrected chi connectivity index (χ3v) is 4.55. The number of rotatable bonds is 4. The summed E-state index contributed by atoms with van der Waals surface area (Å²) in [6, 6.07) is 6.34. The van der Waals surface area contributed by atoms with Crippen molar-refractivity contribution < 1.29 is 4.79 Å². The van der Waals surface area contributed by atoms with E-state index in [1.807, 2.05) is 24.5 Å². The molecule has 1 N–H and O–H groups in total. The summed E-state index contributed by atoms with van der Waals surface area (Å²) in [5.74, 6) is 0.674. The summed E-state index contributed by atoms with van der Waals surface area (Å²) in [6.07, 6.45) is 12.1. The van der Waals surface area contributed by atoms with Gasteiger partial charge in [0.2, 0.25) is 5.91 Å². The van der Waals surface area contributed by atoms with Crippen LogP contribution >= 0.6 is 0 Å². The standard InChI is InChI=1S/C19H23N3O/c1-14-9-17(13-21-11-14)16-4-6-18(7-5-16)22-19(23)10-15-3-2-8-20-12-15/h2-3,8-9,11-13,16,18H,4-7,10H2,1H3,(H,22,23). The maximum atomic E-state index is 12.1. The molecule has 2 heterocycles. The largest absolute Gasteiger partial charge is 0.353 e. The van der Waals surface area contributed by atoms with Gasteiger partial charge in [0.25, 0.3) is 0 Å². The first-order valence-electron chi connectivity index (χ1n) is 8.30. The van der Waals surface area contributed by atoms with Gasteiger partial charge in [0.15, 0.2) is 0 Å². The Morgan fingerprint density at radius 3 is 2.70 bits per heavy atom. The molecule has 4 heteroatoms. The lowest BCUT2D eigenvalue weighted by Gasteiger charge is -2.29. The molecule has 23 heavy (non-hydrogen) atoms. The summed E-state index contributed by atoms with van der Waals surface area (Å²) in [5, 5.41) is 3.17. The van der Waals surface area contributed by atoms with Crippen LogP contribution in [0.15, 0.2) is 43.0 Å². The van der Waals surface area contributed by atoms with Crippen LogP contribution in [-0.2, 0) is 11.2 Å². The molecule has 2 aromatic rings. The van der Waals surface area contributed by atoms with Crippen LogP contribution < -0.4 is 5.32 Å². The minimum Gasteiger partial charge on any atom is -0.353 e. The van der Waals surface area contributed by atoms with Crippen LogP contribution in [-0.4, -0.2) is 21.9 Å². The fourth-order valence-corrected chi connectivity index (χ4v) is 3.34. The molecule has 1 fully saturated rings. The molecule has 4 nitrogen and oxygen atoms in total. The lowest BCUT2D eigenvalue weighted by atomic mass is 9.82. The molecule has 0 aromatic carbocycles. The predicted octanol–water partition coefficient (Wildman–Crippen LogP) is 3.17. The second kappa shape index (κ2) is 7.36. The molecule has 1 saturated carbocycles. The van der Waals surface area contributed by atoms with Crippen molar-refractivity contribution in [3.63, 3.8) is 0 Å². The first kappa shape index (κ1) is 15.7. The summed E-state index contributed by atoms with van der Waals surface area (Å²) in [5.41, 5.74) is 3.52. The van der Waals surface area contributed by atoms with Crippen LogP contribution in [0.2, 0.25) is 0 Å². The van der Waals surface area contributed by atoms with Gasteiger partial charge in [0.05, 0.1) is 6.42 Å². The van der Waals surface area contributed by atoms with Gasteiger partial charge in [-0.15, -0.1) is 0 Å². The van der Waals surface area contributed by atoms with Crippen LogP contribution in [0, 0.1) is 6.92 Å². The number of nitrogens with one attached hydrogen (secondary N) is 1. The SMILES string of the molecule is Cc1cncc(C2CCC(NC(=O)Cc3cccnc3)CC2)c1. The van der Waals surface area contributed by atoms with Gasteiger partial charge in [-0.3, -0.25) is 14.8 Å². The molecule has 0 aliphatic heterocycles. The second-order valence-electron chi connectivity index (χ2n) is 6.45. The molecular formula is C19H23N3O. The molecule has 0 atom stereocenters. The van der Waals surface area contributed by atoms with Crippen molar-refractivity contribution in [3.8, 4) is 0 Å². The average Bonchev–Trinajstić information content (AvgIpc) is 2.56. The topological polar surface area (TPSA) is 54.9 Å². The molecule has 0 unspecified atom stereocenters. The van der Waals surface area contributed by atoms with Gasteiger partial charge < -0.3 is 5.32 Å². The fraction of sp³-hybridized carbons (Fsp3) is 0.421. The Balaban J connectivity index is 1.48. The Kier molecular flexibility index (Phi) is 5.01. The minimum atomic E-state index is 0.0960. The summed E-state index contributed by atoms with van der Waals surface area (Å²) in [7, 11) is 0. The molecule has 1 amide bonds. The molecule has 3 rings (SSSR count). The van der Waals surface area contributed by atoms with Gasteiger partial charge in [-0.2, -0.15) is 0 Å². The lowest BCUT2D eigenvalue weighted by molar-refractivity contribution is -0.121. The summed E-state index contributed by atoms with van der Waals surface area (Å²) >= 11 is 0. The maximum Gasteiger partial charge on any atom is 0.224 e. The van der Waals surface area contributed by atoms with E-state index >= 15 is 0 Å². The maximum absolute atomic E-state index is 12.1. The van der Waals surface area contributed by atoms with Gasteiger partial charge in [0.1, 0.15) is 0 Å². The smallest absolute Gasteiger partial charge is 0.224 e. The number of amides is 1. The van der Waals surface area contributed by atoms with Crippen molar-refractivity contribution in [1.82, 2.24) is 15.3 Å². The summed E-state index contributed by atoms with van der Waals surface area (Å²) in [6.45, 7) is 2.08. The normalized spacial score (nSPS) is 20.9. The zero-order chi connectivity index (χ0) is 16.1. The third kappa shape index (κ3) is 4.38. The first-order chi connectivity index (χ1) is 11.2. The summed E-state index contributed by atoms with van der Waals surface area (Å²) < 4.78 is 0. The Morgan fingerprint density at radius 2 is 2.00 bits per heavy atom. The van der Waals surface area contributed by atoms with E-state index in [2.05, 4.69) is 28.3 Å². The van der Waals surface area contributed by atoms with Crippen molar-refractivity contribution in [1.29, 1.82) is 0 Å². The van der Waals surface area contributed by atoms with Crippen molar-refractivity contribution in [2.24, 2.45) is 0 Å². The Hall–Kier alpha value is -2.23. The summed E-state index contributed by atoms with van der Waals surface area (Å²) in [4.78, 5) is 20.5. The van der Waals surface area contributed by atoms with Crippen LogP contribution in [0.3, 0.4) is 0 Å². The highest BCUT2D eigenvalue weighted by Gasteiger charge is 2.23. The average molecular weight is 309 g/mol. The van der Waals surface area contributed by atoms with E-state index in [1.165, 1.54) is 11.1 Å².